The predicted molar refractivity (Wildman–Crippen MR) is 82.6 cm³/mol. The number of rotatable bonds is 5. The molecular weight excluding hydrogens is 264 g/mol. The minimum absolute atomic E-state index is 0.0774. The van der Waals surface area contributed by atoms with Gasteiger partial charge in [0, 0.05) is 31.9 Å². The molecule has 1 saturated heterocycles. The van der Waals surface area contributed by atoms with Crippen molar-refractivity contribution in [1.82, 2.24) is 9.30 Å². The quantitative estimate of drug-likeness (QED) is 0.847. The number of carbonyl (C=O) groups is 1. The van der Waals surface area contributed by atoms with Crippen LogP contribution in [0.15, 0.2) is 36.5 Å². The normalized spacial score (nSPS) is 18.2. The first-order valence-corrected chi connectivity index (χ1v) is 7.69. The molecule has 3 rings (SSSR count). The van der Waals surface area contributed by atoms with Gasteiger partial charge >= 0.3 is 0 Å². The van der Waals surface area contributed by atoms with E-state index in [1.165, 1.54) is 12.8 Å². The van der Waals surface area contributed by atoms with E-state index in [0.29, 0.717) is 6.10 Å². The van der Waals surface area contributed by atoms with E-state index in [1.807, 2.05) is 52.9 Å². The van der Waals surface area contributed by atoms with Gasteiger partial charge in [-0.1, -0.05) is 6.07 Å². The molecule has 112 valence electrons. The SMILES string of the molecule is CN(CCCC1CCCO1)C(=O)c1ccc2ccccn12. The second-order valence-corrected chi connectivity index (χ2v) is 5.72. The van der Waals surface area contributed by atoms with Crippen LogP contribution < -0.4 is 0 Å². The monoisotopic (exact) mass is 286 g/mol. The molecule has 2 aromatic heterocycles. The Labute approximate surface area is 125 Å². The van der Waals surface area contributed by atoms with Gasteiger partial charge in [0.15, 0.2) is 0 Å². The van der Waals surface area contributed by atoms with E-state index in [-0.39, 0.29) is 5.91 Å². The predicted octanol–water partition coefficient (Wildman–Crippen LogP) is 2.97. The lowest BCUT2D eigenvalue weighted by Gasteiger charge is -2.18. The van der Waals surface area contributed by atoms with Crippen molar-refractivity contribution in [3.8, 4) is 0 Å². The number of hydrogen-bond acceptors (Lipinski definition) is 2. The Balaban J connectivity index is 1.58. The second kappa shape index (κ2) is 6.31. The van der Waals surface area contributed by atoms with Gasteiger partial charge in [0.1, 0.15) is 5.69 Å². The Morgan fingerprint density at radius 3 is 3.10 bits per heavy atom. The maximum atomic E-state index is 12.5. The number of fused-ring (bicyclic) bond motifs is 1. The van der Waals surface area contributed by atoms with Gasteiger partial charge in [-0.15, -0.1) is 0 Å². The summed E-state index contributed by atoms with van der Waals surface area (Å²) in [6.45, 7) is 1.67. The first kappa shape index (κ1) is 14.1. The van der Waals surface area contributed by atoms with Gasteiger partial charge in [-0.2, -0.15) is 0 Å². The molecule has 4 nitrogen and oxygen atoms in total. The first-order chi connectivity index (χ1) is 10.3. The molecule has 0 spiro atoms. The van der Waals surface area contributed by atoms with Gasteiger partial charge in [-0.3, -0.25) is 4.79 Å². The molecule has 0 aromatic carbocycles. The Hall–Kier alpha value is -1.81. The summed E-state index contributed by atoms with van der Waals surface area (Å²) < 4.78 is 7.56. The zero-order valence-electron chi connectivity index (χ0n) is 12.5. The molecule has 0 aliphatic carbocycles. The van der Waals surface area contributed by atoms with Gasteiger partial charge in [0.05, 0.1) is 6.10 Å². The zero-order chi connectivity index (χ0) is 14.7. The van der Waals surface area contributed by atoms with Crippen LogP contribution in [0.2, 0.25) is 0 Å². The molecule has 1 amide bonds. The van der Waals surface area contributed by atoms with Gasteiger partial charge in [-0.25, -0.2) is 0 Å². The summed E-state index contributed by atoms with van der Waals surface area (Å²) in [6, 6.07) is 9.81. The molecular formula is C17H22N2O2. The lowest BCUT2D eigenvalue weighted by atomic mass is 10.1. The minimum atomic E-state index is 0.0774. The summed E-state index contributed by atoms with van der Waals surface area (Å²) >= 11 is 0. The second-order valence-electron chi connectivity index (χ2n) is 5.72. The van der Waals surface area contributed by atoms with E-state index in [9.17, 15) is 4.79 Å². The number of aromatic nitrogens is 1. The molecule has 0 saturated carbocycles. The van der Waals surface area contributed by atoms with Gasteiger partial charge in [0.25, 0.3) is 5.91 Å². The zero-order valence-corrected chi connectivity index (χ0v) is 12.5. The van der Waals surface area contributed by atoms with E-state index in [4.69, 9.17) is 4.74 Å². The lowest BCUT2D eigenvalue weighted by Crippen LogP contribution is -2.29. The Morgan fingerprint density at radius 1 is 1.38 bits per heavy atom. The van der Waals surface area contributed by atoms with Crippen LogP contribution in [0.5, 0.6) is 0 Å². The number of amides is 1. The van der Waals surface area contributed by atoms with Gasteiger partial charge in [-0.05, 0) is 49.9 Å². The van der Waals surface area contributed by atoms with E-state index in [2.05, 4.69) is 0 Å². The maximum absolute atomic E-state index is 12.5. The molecule has 1 aliphatic rings. The molecule has 2 aromatic rings. The highest BCUT2D eigenvalue weighted by Crippen LogP contribution is 2.17. The summed E-state index contributed by atoms with van der Waals surface area (Å²) in [4.78, 5) is 14.3. The Bertz CT molecular complexity index is 614. The number of pyridine rings is 1. The minimum Gasteiger partial charge on any atom is -0.378 e. The fraction of sp³-hybridized carbons (Fsp3) is 0.471. The van der Waals surface area contributed by atoms with E-state index >= 15 is 0 Å². The van der Waals surface area contributed by atoms with E-state index < -0.39 is 0 Å². The summed E-state index contributed by atoms with van der Waals surface area (Å²) in [5.74, 6) is 0.0774. The van der Waals surface area contributed by atoms with Crippen LogP contribution in [0.25, 0.3) is 5.52 Å². The van der Waals surface area contributed by atoms with Crippen molar-refractivity contribution in [2.75, 3.05) is 20.2 Å². The Kier molecular flexibility index (Phi) is 4.25. The summed E-state index contributed by atoms with van der Waals surface area (Å²) in [5, 5.41) is 0. The molecule has 1 aliphatic heterocycles. The highest BCUT2D eigenvalue weighted by Gasteiger charge is 2.18. The van der Waals surface area contributed by atoms with Crippen molar-refractivity contribution >= 4 is 11.4 Å². The average Bonchev–Trinajstić information content (AvgIpc) is 3.15. The van der Waals surface area contributed by atoms with Crippen molar-refractivity contribution in [3.05, 3.63) is 42.2 Å². The van der Waals surface area contributed by atoms with Crippen LogP contribution in [0.4, 0.5) is 0 Å². The van der Waals surface area contributed by atoms with Crippen LogP contribution in [0.1, 0.15) is 36.2 Å². The molecule has 1 fully saturated rings. The number of carbonyl (C=O) groups excluding carboxylic acids is 1. The Morgan fingerprint density at radius 2 is 2.29 bits per heavy atom. The summed E-state index contributed by atoms with van der Waals surface area (Å²) in [5.41, 5.74) is 1.78. The third kappa shape index (κ3) is 3.10. The number of hydrogen-bond donors (Lipinski definition) is 0. The van der Waals surface area contributed by atoms with Crippen molar-refractivity contribution in [2.45, 2.75) is 31.8 Å². The molecule has 0 bridgehead atoms. The van der Waals surface area contributed by atoms with Crippen LogP contribution in [-0.2, 0) is 4.74 Å². The molecule has 0 radical (unpaired) electrons. The molecule has 0 N–H and O–H groups in total. The van der Waals surface area contributed by atoms with Crippen LogP contribution >= 0.6 is 0 Å². The molecule has 1 atom stereocenters. The third-order valence-electron chi connectivity index (χ3n) is 4.17. The lowest BCUT2D eigenvalue weighted by molar-refractivity contribution is 0.0757. The largest absolute Gasteiger partial charge is 0.378 e. The number of ether oxygens (including phenoxy) is 1. The van der Waals surface area contributed by atoms with Crippen molar-refractivity contribution in [3.63, 3.8) is 0 Å². The highest BCUT2D eigenvalue weighted by molar-refractivity contribution is 5.93. The van der Waals surface area contributed by atoms with E-state index in [1.54, 1.807) is 0 Å². The molecule has 4 heteroatoms. The fourth-order valence-corrected chi connectivity index (χ4v) is 2.96. The van der Waals surface area contributed by atoms with Crippen LogP contribution in [0, 0.1) is 0 Å². The van der Waals surface area contributed by atoms with Gasteiger partial charge in [0.2, 0.25) is 0 Å². The van der Waals surface area contributed by atoms with Crippen molar-refractivity contribution in [2.24, 2.45) is 0 Å². The van der Waals surface area contributed by atoms with E-state index in [0.717, 1.165) is 37.2 Å². The summed E-state index contributed by atoms with van der Waals surface area (Å²) in [7, 11) is 1.88. The van der Waals surface area contributed by atoms with Crippen molar-refractivity contribution < 1.29 is 9.53 Å². The molecule has 21 heavy (non-hydrogen) atoms. The standard InChI is InChI=1S/C17H22N2O2/c1-18(11-4-7-15-8-5-13-21-15)17(20)16-10-9-14-6-2-3-12-19(14)16/h2-3,6,9-10,12,15H,4-5,7-8,11,13H2,1H3. The fourth-order valence-electron chi connectivity index (χ4n) is 2.96. The average molecular weight is 286 g/mol. The van der Waals surface area contributed by atoms with Crippen molar-refractivity contribution in [1.29, 1.82) is 0 Å². The number of nitrogens with zero attached hydrogens (tertiary/aromatic N) is 2. The van der Waals surface area contributed by atoms with Crippen LogP contribution in [-0.4, -0.2) is 41.5 Å². The third-order valence-corrected chi connectivity index (χ3v) is 4.17. The van der Waals surface area contributed by atoms with Gasteiger partial charge < -0.3 is 14.0 Å². The van der Waals surface area contributed by atoms with Crippen LogP contribution in [0.3, 0.4) is 0 Å². The maximum Gasteiger partial charge on any atom is 0.270 e. The molecule has 1 unspecified atom stereocenters. The smallest absolute Gasteiger partial charge is 0.270 e. The summed E-state index contributed by atoms with van der Waals surface area (Å²) in [6.07, 6.45) is 6.73. The molecule has 3 heterocycles. The first-order valence-electron chi connectivity index (χ1n) is 7.69. The topological polar surface area (TPSA) is 34.0 Å². The highest BCUT2D eigenvalue weighted by atomic mass is 16.5.